The number of para-hydroxylation sites is 1. The molecule has 0 radical (unpaired) electrons. The number of ether oxygens (including phenoxy) is 1. The molecular formula is C28H35ClN8O5+2. The Kier molecular flexibility index (Phi) is 6.52. The SMILES string of the molecule is CC1(C)CCOc2c(C(=O)NC3C[N+]4=C(N)N[C@@H](CNC(=O)c5ccccc5Cl)[C@@H]5[NH+]=C(N)N[C@@]54C3(O)O)cccc21. The molecule has 14 heteroatoms. The third-order valence-corrected chi connectivity index (χ3v) is 9.15. The maximum atomic E-state index is 13.6. The fourth-order valence-corrected chi connectivity index (χ4v) is 6.76. The lowest BCUT2D eigenvalue weighted by Crippen LogP contribution is -2.92. The molecule has 42 heavy (non-hydrogen) atoms. The summed E-state index contributed by atoms with van der Waals surface area (Å²) in [4.78, 5) is 29.5. The van der Waals surface area contributed by atoms with Crippen molar-refractivity contribution in [3.8, 4) is 5.75 Å². The van der Waals surface area contributed by atoms with Crippen LogP contribution in [0.1, 0.15) is 46.5 Å². The van der Waals surface area contributed by atoms with Crippen LogP contribution in [0.25, 0.3) is 0 Å². The number of aliphatic hydroxyl groups is 2. The summed E-state index contributed by atoms with van der Waals surface area (Å²) in [6.45, 7) is 4.62. The first kappa shape index (κ1) is 28.1. The second-order valence-corrected chi connectivity index (χ2v) is 12.2. The molecule has 222 valence electrons. The molecule has 4 heterocycles. The van der Waals surface area contributed by atoms with E-state index in [0.29, 0.717) is 28.5 Å². The van der Waals surface area contributed by atoms with Crippen LogP contribution in [0.3, 0.4) is 0 Å². The maximum absolute atomic E-state index is 13.6. The summed E-state index contributed by atoms with van der Waals surface area (Å²) < 4.78 is 7.44. The molecule has 2 aromatic rings. The molecule has 0 saturated carbocycles. The standard InChI is InChI=1S/C28H33ClN8O5/c1-26(2)10-11-42-20-15(7-5-8-16(20)26)23(39)34-19-13-37-25(31)33-18(12-32-22(38)14-6-3-4-9-17(14)29)21-27(37,28(19,40)41)36-24(30)35-21/h3-9,18-19,21,40-41H,10-13H2,1-2H3,(H7,30,31,32,33,34,35,36,38,39)/p+2/t18-,19?,21-,27-/m0/s1. The van der Waals surface area contributed by atoms with Crippen LogP contribution < -0.4 is 42.5 Å². The average Bonchev–Trinajstić information content (AvgIpc) is 3.41. The molecule has 1 unspecified atom stereocenters. The lowest BCUT2D eigenvalue weighted by molar-refractivity contribution is -0.674. The van der Waals surface area contributed by atoms with Gasteiger partial charge < -0.3 is 25.6 Å². The van der Waals surface area contributed by atoms with E-state index in [1.165, 1.54) is 4.58 Å². The van der Waals surface area contributed by atoms with E-state index in [0.717, 1.165) is 12.0 Å². The van der Waals surface area contributed by atoms with Crippen LogP contribution in [-0.2, 0) is 5.41 Å². The highest BCUT2D eigenvalue weighted by Crippen LogP contribution is 2.41. The summed E-state index contributed by atoms with van der Waals surface area (Å²) in [5, 5.41) is 35.6. The van der Waals surface area contributed by atoms with Crippen molar-refractivity contribution >= 4 is 35.3 Å². The Bertz CT molecular complexity index is 1540. The largest absolute Gasteiger partial charge is 0.492 e. The van der Waals surface area contributed by atoms with Gasteiger partial charge in [0.1, 0.15) is 17.8 Å². The fourth-order valence-electron chi connectivity index (χ4n) is 6.54. The normalized spacial score (nSPS) is 28.2. The third kappa shape index (κ3) is 4.14. The summed E-state index contributed by atoms with van der Waals surface area (Å²) in [5.74, 6) is -2.83. The van der Waals surface area contributed by atoms with Gasteiger partial charge in [-0.05, 0) is 30.0 Å². The molecule has 0 aliphatic carbocycles. The first-order chi connectivity index (χ1) is 19.9. The fraction of sp³-hybridized carbons (Fsp3) is 0.429. The topological polar surface area (TPSA) is 201 Å². The minimum absolute atomic E-state index is 0.0311. The molecule has 1 fully saturated rings. The molecule has 13 nitrogen and oxygen atoms in total. The van der Waals surface area contributed by atoms with Crippen LogP contribution in [0.4, 0.5) is 0 Å². The number of hydrogen-bond acceptors (Lipinski definition) is 9. The van der Waals surface area contributed by atoms with E-state index in [2.05, 4.69) is 40.1 Å². The van der Waals surface area contributed by atoms with Gasteiger partial charge in [-0.1, -0.05) is 49.7 Å². The van der Waals surface area contributed by atoms with Crippen molar-refractivity contribution in [2.45, 2.75) is 55.3 Å². The summed E-state index contributed by atoms with van der Waals surface area (Å²) in [5.41, 5.74) is 12.2. The molecular weight excluding hydrogens is 564 g/mol. The number of benzene rings is 2. The zero-order valence-corrected chi connectivity index (χ0v) is 24.0. The highest BCUT2D eigenvalue weighted by atomic mass is 35.5. The van der Waals surface area contributed by atoms with Crippen LogP contribution in [-0.4, -0.2) is 87.8 Å². The highest BCUT2D eigenvalue weighted by Gasteiger charge is 2.78. The maximum Gasteiger partial charge on any atom is 0.347 e. The minimum atomic E-state index is -2.58. The monoisotopic (exact) mass is 598 g/mol. The number of guanidine groups is 2. The number of hydrogen-bond donors (Lipinski definition) is 9. The van der Waals surface area contributed by atoms with E-state index in [9.17, 15) is 19.8 Å². The first-order valence-corrected chi connectivity index (χ1v) is 14.1. The minimum Gasteiger partial charge on any atom is -0.492 e. The van der Waals surface area contributed by atoms with Crippen molar-refractivity contribution in [2.75, 3.05) is 19.7 Å². The number of amides is 2. The second-order valence-electron chi connectivity index (χ2n) is 11.8. The van der Waals surface area contributed by atoms with Gasteiger partial charge in [0, 0.05) is 5.56 Å². The molecule has 6 rings (SSSR count). The summed E-state index contributed by atoms with van der Waals surface area (Å²) in [7, 11) is 0. The molecule has 0 bridgehead atoms. The highest BCUT2D eigenvalue weighted by molar-refractivity contribution is 6.33. The number of fused-ring (bicyclic) bond motifs is 1. The van der Waals surface area contributed by atoms with Gasteiger partial charge in [0.05, 0.1) is 35.8 Å². The van der Waals surface area contributed by atoms with Crippen LogP contribution in [0.5, 0.6) is 5.75 Å². The lowest BCUT2D eigenvalue weighted by atomic mass is 9.79. The number of nitrogens with zero attached hydrogens (tertiary/aromatic N) is 1. The molecule has 4 atom stereocenters. The Balaban J connectivity index is 1.27. The number of nitrogens with one attached hydrogen (secondary N) is 5. The molecule has 1 saturated heterocycles. The van der Waals surface area contributed by atoms with Crippen molar-refractivity contribution in [1.82, 2.24) is 21.3 Å². The zero-order valence-electron chi connectivity index (χ0n) is 23.2. The molecule has 1 spiro atoms. The molecule has 4 aliphatic rings. The average molecular weight is 599 g/mol. The quantitative estimate of drug-likeness (QED) is 0.127. The third-order valence-electron chi connectivity index (χ3n) is 8.82. The van der Waals surface area contributed by atoms with Gasteiger partial charge in [-0.15, -0.1) is 0 Å². The first-order valence-electron chi connectivity index (χ1n) is 13.7. The Morgan fingerprint density at radius 1 is 1.14 bits per heavy atom. The van der Waals surface area contributed by atoms with Crippen LogP contribution in [0.15, 0.2) is 42.5 Å². The van der Waals surface area contributed by atoms with E-state index >= 15 is 0 Å². The van der Waals surface area contributed by atoms with Gasteiger partial charge >= 0.3 is 11.9 Å². The second kappa shape index (κ2) is 9.75. The number of rotatable bonds is 5. The van der Waals surface area contributed by atoms with Gasteiger partial charge in [-0.2, -0.15) is 0 Å². The van der Waals surface area contributed by atoms with Crippen LogP contribution in [0, 0.1) is 0 Å². The Morgan fingerprint density at radius 3 is 2.64 bits per heavy atom. The smallest absolute Gasteiger partial charge is 0.347 e. The van der Waals surface area contributed by atoms with Crippen LogP contribution in [0.2, 0.25) is 5.02 Å². The van der Waals surface area contributed by atoms with E-state index < -0.39 is 41.4 Å². The van der Waals surface area contributed by atoms with E-state index in [-0.39, 0.29) is 30.4 Å². The van der Waals surface area contributed by atoms with Crippen molar-refractivity contribution in [3.05, 3.63) is 64.2 Å². The van der Waals surface area contributed by atoms with E-state index in [1.807, 2.05) is 6.07 Å². The molecule has 11 N–H and O–H groups in total. The van der Waals surface area contributed by atoms with Crippen molar-refractivity contribution in [1.29, 1.82) is 0 Å². The molecule has 0 aromatic heterocycles. The summed E-state index contributed by atoms with van der Waals surface area (Å²) in [6.07, 6.45) is 0.807. The van der Waals surface area contributed by atoms with Gasteiger partial charge in [0.25, 0.3) is 23.3 Å². The summed E-state index contributed by atoms with van der Waals surface area (Å²) in [6, 6.07) is 9.37. The Labute approximate surface area is 247 Å². The van der Waals surface area contributed by atoms with Gasteiger partial charge in [0.2, 0.25) is 0 Å². The van der Waals surface area contributed by atoms with Crippen molar-refractivity contribution in [2.24, 2.45) is 11.5 Å². The van der Waals surface area contributed by atoms with Gasteiger partial charge in [0.15, 0.2) is 6.04 Å². The van der Waals surface area contributed by atoms with Gasteiger partial charge in [-0.25, -0.2) is 9.89 Å². The molecule has 4 aliphatic heterocycles. The number of nitrogens with two attached hydrogens (primary N) is 2. The molecule has 2 amide bonds. The van der Waals surface area contributed by atoms with Crippen LogP contribution >= 0.6 is 11.6 Å². The predicted molar refractivity (Wildman–Crippen MR) is 153 cm³/mol. The van der Waals surface area contributed by atoms with Crippen molar-refractivity contribution in [3.63, 3.8) is 0 Å². The van der Waals surface area contributed by atoms with E-state index in [1.54, 1.807) is 36.4 Å². The molecule has 2 aromatic carbocycles. The predicted octanol–water partition coefficient (Wildman–Crippen LogP) is -3.01. The van der Waals surface area contributed by atoms with Crippen molar-refractivity contribution < 1.29 is 34.1 Å². The summed E-state index contributed by atoms with van der Waals surface area (Å²) >= 11 is 6.18. The Morgan fingerprint density at radius 2 is 1.88 bits per heavy atom. The van der Waals surface area contributed by atoms with E-state index in [4.69, 9.17) is 27.8 Å². The number of halogens is 1. The number of carbonyl (C=O) groups is 2. The zero-order chi connectivity index (χ0) is 30.0. The van der Waals surface area contributed by atoms with Gasteiger partial charge in [-0.3, -0.25) is 31.4 Å². The lowest BCUT2D eigenvalue weighted by Gasteiger charge is -2.41. The Hall–Kier alpha value is -4.07. The number of carbonyl (C=O) groups excluding carboxylic acids is 2.